The van der Waals surface area contributed by atoms with Crippen molar-refractivity contribution in [2.45, 2.75) is 13.0 Å². The maximum Gasteiger partial charge on any atom is 0.257 e. The molecule has 4 nitrogen and oxygen atoms in total. The van der Waals surface area contributed by atoms with Gasteiger partial charge in [-0.1, -0.05) is 42.5 Å². The second-order valence-electron chi connectivity index (χ2n) is 5.92. The van der Waals surface area contributed by atoms with Gasteiger partial charge in [-0.15, -0.1) is 0 Å². The minimum Gasteiger partial charge on any atom is -0.507 e. The first kappa shape index (κ1) is 15.6. The number of phenolic OH excluding ortho intramolecular Hbond substituents is 1. The summed E-state index contributed by atoms with van der Waals surface area (Å²) < 4.78 is 0. The molecule has 0 spiro atoms. The zero-order chi connectivity index (χ0) is 16.1. The van der Waals surface area contributed by atoms with Crippen molar-refractivity contribution in [1.82, 2.24) is 9.80 Å². The lowest BCUT2D eigenvalue weighted by atomic mass is 10.1. The van der Waals surface area contributed by atoms with E-state index in [1.807, 2.05) is 11.0 Å². The zero-order valence-electron chi connectivity index (χ0n) is 13.2. The highest BCUT2D eigenvalue weighted by atomic mass is 16.3. The number of hydrogen-bond donors (Lipinski definition) is 1. The third-order valence-corrected chi connectivity index (χ3v) is 4.26. The van der Waals surface area contributed by atoms with Crippen LogP contribution in [0.5, 0.6) is 5.75 Å². The molecule has 0 saturated carbocycles. The average Bonchev–Trinajstić information content (AvgIpc) is 2.81. The van der Waals surface area contributed by atoms with Crippen LogP contribution in [0.3, 0.4) is 0 Å². The summed E-state index contributed by atoms with van der Waals surface area (Å²) in [5.41, 5.74) is 1.69. The van der Waals surface area contributed by atoms with E-state index in [1.54, 1.807) is 24.3 Å². The van der Waals surface area contributed by atoms with Crippen LogP contribution in [-0.2, 0) is 6.54 Å². The number of rotatable bonds is 3. The molecule has 2 aromatic carbocycles. The highest BCUT2D eigenvalue weighted by molar-refractivity contribution is 5.96. The van der Waals surface area contributed by atoms with E-state index >= 15 is 0 Å². The summed E-state index contributed by atoms with van der Waals surface area (Å²) in [4.78, 5) is 16.8. The molecule has 1 saturated heterocycles. The molecule has 1 fully saturated rings. The highest BCUT2D eigenvalue weighted by Gasteiger charge is 2.22. The van der Waals surface area contributed by atoms with E-state index < -0.39 is 0 Å². The zero-order valence-corrected chi connectivity index (χ0v) is 13.2. The Bertz CT molecular complexity index is 657. The van der Waals surface area contributed by atoms with Crippen molar-refractivity contribution < 1.29 is 9.90 Å². The number of benzene rings is 2. The van der Waals surface area contributed by atoms with Crippen LogP contribution >= 0.6 is 0 Å². The summed E-state index contributed by atoms with van der Waals surface area (Å²) >= 11 is 0. The minimum atomic E-state index is -0.0790. The molecule has 0 aliphatic carbocycles. The highest BCUT2D eigenvalue weighted by Crippen LogP contribution is 2.19. The van der Waals surface area contributed by atoms with E-state index in [0.717, 1.165) is 32.6 Å². The summed E-state index contributed by atoms with van der Waals surface area (Å²) in [5.74, 6) is -0.0208. The van der Waals surface area contributed by atoms with E-state index in [9.17, 15) is 9.90 Å². The predicted octanol–water partition coefficient (Wildman–Crippen LogP) is 2.74. The molecular weight excluding hydrogens is 288 g/mol. The largest absolute Gasteiger partial charge is 0.507 e. The van der Waals surface area contributed by atoms with Crippen LogP contribution in [-0.4, -0.2) is 47.0 Å². The van der Waals surface area contributed by atoms with Gasteiger partial charge in [0.05, 0.1) is 5.56 Å². The normalized spacial score (nSPS) is 16.1. The van der Waals surface area contributed by atoms with Crippen molar-refractivity contribution in [3.8, 4) is 5.75 Å². The standard InChI is InChI=1S/C19H22N2O2/c22-18-10-5-4-9-17(18)19(23)21-12-6-11-20(13-14-21)15-16-7-2-1-3-8-16/h1-5,7-10,22H,6,11-15H2. The summed E-state index contributed by atoms with van der Waals surface area (Å²) in [6.07, 6.45) is 0.951. The molecule has 0 unspecified atom stereocenters. The van der Waals surface area contributed by atoms with Crippen LogP contribution < -0.4 is 0 Å². The minimum absolute atomic E-state index is 0.0582. The lowest BCUT2D eigenvalue weighted by molar-refractivity contribution is 0.0758. The Morgan fingerprint density at radius 1 is 0.913 bits per heavy atom. The third-order valence-electron chi connectivity index (χ3n) is 4.26. The maximum atomic E-state index is 12.6. The molecule has 1 heterocycles. The molecule has 120 valence electrons. The number of amides is 1. The Labute approximate surface area is 137 Å². The predicted molar refractivity (Wildman–Crippen MR) is 90.3 cm³/mol. The van der Waals surface area contributed by atoms with Crippen molar-refractivity contribution in [2.75, 3.05) is 26.2 Å². The van der Waals surface area contributed by atoms with Crippen LogP contribution in [0.4, 0.5) is 0 Å². The number of aromatic hydroxyl groups is 1. The van der Waals surface area contributed by atoms with Crippen molar-refractivity contribution >= 4 is 5.91 Å². The Balaban J connectivity index is 1.62. The summed E-state index contributed by atoms with van der Waals surface area (Å²) in [7, 11) is 0. The van der Waals surface area contributed by atoms with Crippen molar-refractivity contribution in [2.24, 2.45) is 0 Å². The lowest BCUT2D eigenvalue weighted by Gasteiger charge is -2.22. The van der Waals surface area contributed by atoms with Gasteiger partial charge in [0.2, 0.25) is 0 Å². The first-order chi connectivity index (χ1) is 11.2. The van der Waals surface area contributed by atoms with Crippen LogP contribution in [0.2, 0.25) is 0 Å². The fraction of sp³-hybridized carbons (Fsp3) is 0.316. The van der Waals surface area contributed by atoms with E-state index in [-0.39, 0.29) is 11.7 Å². The van der Waals surface area contributed by atoms with Gasteiger partial charge >= 0.3 is 0 Å². The lowest BCUT2D eigenvalue weighted by Crippen LogP contribution is -2.35. The van der Waals surface area contributed by atoms with Gasteiger partial charge in [-0.25, -0.2) is 0 Å². The van der Waals surface area contributed by atoms with Crippen LogP contribution in [0.25, 0.3) is 0 Å². The fourth-order valence-electron chi connectivity index (χ4n) is 3.00. The molecule has 0 aromatic heterocycles. The smallest absolute Gasteiger partial charge is 0.257 e. The second-order valence-corrected chi connectivity index (χ2v) is 5.92. The summed E-state index contributed by atoms with van der Waals surface area (Å²) in [5, 5.41) is 9.87. The number of phenols is 1. The first-order valence-electron chi connectivity index (χ1n) is 8.07. The van der Waals surface area contributed by atoms with Crippen molar-refractivity contribution in [3.63, 3.8) is 0 Å². The molecule has 1 aliphatic rings. The SMILES string of the molecule is O=C(c1ccccc1O)N1CCCN(Cc2ccccc2)CC1. The average molecular weight is 310 g/mol. The van der Waals surface area contributed by atoms with Gasteiger partial charge in [0, 0.05) is 32.7 Å². The Morgan fingerprint density at radius 2 is 1.65 bits per heavy atom. The molecule has 4 heteroatoms. The third kappa shape index (κ3) is 3.90. The topological polar surface area (TPSA) is 43.8 Å². The van der Waals surface area contributed by atoms with Gasteiger partial charge in [-0.2, -0.15) is 0 Å². The van der Waals surface area contributed by atoms with Gasteiger partial charge in [-0.05, 0) is 24.1 Å². The van der Waals surface area contributed by atoms with E-state index in [4.69, 9.17) is 0 Å². The van der Waals surface area contributed by atoms with Crippen LogP contribution in [0, 0.1) is 0 Å². The number of carbonyl (C=O) groups is 1. The van der Waals surface area contributed by atoms with Crippen molar-refractivity contribution in [3.05, 3.63) is 65.7 Å². The van der Waals surface area contributed by atoms with Gasteiger partial charge in [-0.3, -0.25) is 9.69 Å². The molecule has 0 radical (unpaired) electrons. The summed E-state index contributed by atoms with van der Waals surface area (Å²) in [6, 6.07) is 17.2. The quantitative estimate of drug-likeness (QED) is 0.948. The number of nitrogens with zero attached hydrogens (tertiary/aromatic N) is 2. The van der Waals surface area contributed by atoms with Gasteiger partial charge in [0.25, 0.3) is 5.91 Å². The van der Waals surface area contributed by atoms with Crippen molar-refractivity contribution in [1.29, 1.82) is 0 Å². The molecule has 0 bridgehead atoms. The van der Waals surface area contributed by atoms with Gasteiger partial charge < -0.3 is 10.0 Å². The molecule has 3 rings (SSSR count). The fourth-order valence-corrected chi connectivity index (χ4v) is 3.00. The number of carbonyl (C=O) groups excluding carboxylic acids is 1. The first-order valence-corrected chi connectivity index (χ1v) is 8.07. The number of para-hydroxylation sites is 1. The molecule has 1 amide bonds. The Kier molecular flexibility index (Phi) is 4.93. The monoisotopic (exact) mass is 310 g/mol. The van der Waals surface area contributed by atoms with Crippen LogP contribution in [0.15, 0.2) is 54.6 Å². The molecule has 1 aliphatic heterocycles. The molecule has 23 heavy (non-hydrogen) atoms. The molecule has 2 aromatic rings. The van der Waals surface area contributed by atoms with Gasteiger partial charge in [0.15, 0.2) is 0 Å². The van der Waals surface area contributed by atoms with E-state index in [2.05, 4.69) is 29.2 Å². The van der Waals surface area contributed by atoms with Gasteiger partial charge in [0.1, 0.15) is 5.75 Å². The Morgan fingerprint density at radius 3 is 2.43 bits per heavy atom. The van der Waals surface area contributed by atoms with Crippen LogP contribution in [0.1, 0.15) is 22.3 Å². The number of hydrogen-bond acceptors (Lipinski definition) is 3. The van der Waals surface area contributed by atoms with E-state index in [1.165, 1.54) is 5.56 Å². The second kappa shape index (κ2) is 7.29. The summed E-state index contributed by atoms with van der Waals surface area (Å²) in [6.45, 7) is 4.19. The maximum absolute atomic E-state index is 12.6. The Hall–Kier alpha value is -2.33. The molecule has 0 atom stereocenters. The molecular formula is C19H22N2O2. The van der Waals surface area contributed by atoms with E-state index in [0.29, 0.717) is 12.1 Å². The molecule has 1 N–H and O–H groups in total.